The SMILES string of the molecule is O=C(CN(c1ccc(Cl)c(C(F)(F)F)c1)S(=O)(=O)c1ccccc1)NCc1ccccc1CN1CCCCC1. The number of sulfonamides is 1. The summed E-state index contributed by atoms with van der Waals surface area (Å²) in [5, 5.41) is 2.17. The molecule has 0 atom stereocenters. The van der Waals surface area contributed by atoms with E-state index in [1.54, 1.807) is 6.07 Å². The van der Waals surface area contributed by atoms with Gasteiger partial charge in [0.25, 0.3) is 10.0 Å². The standard InChI is InChI=1S/C28H29ClF3N3O3S/c29-26-14-13-23(17-25(26)28(30,31)32)35(39(37,38)24-11-3-1-4-12-24)20-27(36)33-18-21-9-5-6-10-22(21)19-34-15-7-2-8-16-34/h1,3-6,9-14,17H,2,7-8,15-16,18-20H2,(H,33,36). The van der Waals surface area contributed by atoms with Crippen LogP contribution in [0.25, 0.3) is 0 Å². The summed E-state index contributed by atoms with van der Waals surface area (Å²) in [6.07, 6.45) is -1.30. The molecule has 3 aromatic carbocycles. The summed E-state index contributed by atoms with van der Waals surface area (Å²) in [5.74, 6) is -0.661. The minimum Gasteiger partial charge on any atom is -0.350 e. The molecule has 0 radical (unpaired) electrons. The highest BCUT2D eigenvalue weighted by Crippen LogP contribution is 2.38. The van der Waals surface area contributed by atoms with E-state index in [0.717, 1.165) is 55.7 Å². The molecule has 1 N–H and O–H groups in total. The van der Waals surface area contributed by atoms with Gasteiger partial charge in [0.2, 0.25) is 5.91 Å². The van der Waals surface area contributed by atoms with Crippen molar-refractivity contribution in [2.75, 3.05) is 23.9 Å². The Morgan fingerprint density at radius 1 is 0.923 bits per heavy atom. The van der Waals surface area contributed by atoms with Crippen LogP contribution >= 0.6 is 11.6 Å². The Hall–Kier alpha value is -3.08. The van der Waals surface area contributed by atoms with Gasteiger partial charge in [0.15, 0.2) is 0 Å². The van der Waals surface area contributed by atoms with Crippen molar-refractivity contribution in [2.45, 2.75) is 43.4 Å². The number of carbonyl (C=O) groups excluding carboxylic acids is 1. The molecule has 1 heterocycles. The van der Waals surface area contributed by atoms with E-state index in [9.17, 15) is 26.4 Å². The normalized spacial score (nSPS) is 14.7. The quantitative estimate of drug-likeness (QED) is 0.345. The van der Waals surface area contributed by atoms with E-state index in [0.29, 0.717) is 10.4 Å². The van der Waals surface area contributed by atoms with Crippen LogP contribution in [0.3, 0.4) is 0 Å². The van der Waals surface area contributed by atoms with Crippen molar-refractivity contribution >= 4 is 33.2 Å². The zero-order chi connectivity index (χ0) is 28.0. The lowest BCUT2D eigenvalue weighted by Gasteiger charge is -2.27. The first-order valence-electron chi connectivity index (χ1n) is 12.6. The summed E-state index contributed by atoms with van der Waals surface area (Å²) in [7, 11) is -4.38. The number of rotatable bonds is 9. The monoisotopic (exact) mass is 579 g/mol. The van der Waals surface area contributed by atoms with Crippen LogP contribution in [0.2, 0.25) is 5.02 Å². The van der Waals surface area contributed by atoms with Gasteiger partial charge < -0.3 is 5.32 Å². The van der Waals surface area contributed by atoms with Gasteiger partial charge in [-0.15, -0.1) is 0 Å². The number of hydrogen-bond acceptors (Lipinski definition) is 4. The van der Waals surface area contributed by atoms with Gasteiger partial charge >= 0.3 is 6.18 Å². The molecule has 39 heavy (non-hydrogen) atoms. The van der Waals surface area contributed by atoms with Crippen molar-refractivity contribution < 1.29 is 26.4 Å². The van der Waals surface area contributed by atoms with Gasteiger partial charge in [0.05, 0.1) is 21.2 Å². The highest BCUT2D eigenvalue weighted by molar-refractivity contribution is 7.92. The first kappa shape index (κ1) is 28.9. The van der Waals surface area contributed by atoms with Gasteiger partial charge in [-0.1, -0.05) is 60.5 Å². The van der Waals surface area contributed by atoms with E-state index in [-0.39, 0.29) is 17.1 Å². The molecule has 6 nitrogen and oxygen atoms in total. The lowest BCUT2D eigenvalue weighted by Crippen LogP contribution is -2.41. The van der Waals surface area contributed by atoms with Crippen LogP contribution in [0.1, 0.15) is 36.0 Å². The van der Waals surface area contributed by atoms with Gasteiger partial charge in [-0.25, -0.2) is 8.42 Å². The molecule has 11 heteroatoms. The highest BCUT2D eigenvalue weighted by atomic mass is 35.5. The number of carbonyl (C=O) groups is 1. The van der Waals surface area contributed by atoms with Crippen molar-refractivity contribution in [2.24, 2.45) is 0 Å². The number of alkyl halides is 3. The molecule has 3 aromatic rings. The maximum atomic E-state index is 13.6. The van der Waals surface area contributed by atoms with E-state index in [1.807, 2.05) is 24.3 Å². The predicted octanol–water partition coefficient (Wildman–Crippen LogP) is 5.86. The molecule has 1 fully saturated rings. The average molecular weight is 580 g/mol. The molecule has 0 aromatic heterocycles. The Morgan fingerprint density at radius 2 is 1.56 bits per heavy atom. The van der Waals surface area contributed by atoms with Crippen LogP contribution in [0.15, 0.2) is 77.7 Å². The predicted molar refractivity (Wildman–Crippen MR) is 145 cm³/mol. The van der Waals surface area contributed by atoms with Gasteiger partial charge in [0.1, 0.15) is 6.54 Å². The molecule has 0 unspecified atom stereocenters. The number of nitrogens with one attached hydrogen (secondary N) is 1. The van der Waals surface area contributed by atoms with Crippen LogP contribution in [0.5, 0.6) is 0 Å². The molecule has 4 rings (SSSR count). The average Bonchev–Trinajstić information content (AvgIpc) is 2.92. The largest absolute Gasteiger partial charge is 0.417 e. The molecular formula is C28H29ClF3N3O3S. The fraction of sp³-hybridized carbons (Fsp3) is 0.321. The summed E-state index contributed by atoms with van der Waals surface area (Å²) in [5.41, 5.74) is 0.430. The van der Waals surface area contributed by atoms with E-state index in [2.05, 4.69) is 10.2 Å². The molecule has 1 saturated heterocycles. The first-order valence-corrected chi connectivity index (χ1v) is 14.4. The van der Waals surface area contributed by atoms with Crippen LogP contribution in [-0.4, -0.2) is 38.9 Å². The fourth-order valence-electron chi connectivity index (χ4n) is 4.54. The van der Waals surface area contributed by atoms with E-state index >= 15 is 0 Å². The second-order valence-electron chi connectivity index (χ2n) is 9.37. The molecule has 0 saturated carbocycles. The summed E-state index contributed by atoms with van der Waals surface area (Å²) in [6.45, 7) is 2.19. The topological polar surface area (TPSA) is 69.7 Å². The number of amides is 1. The second-order valence-corrected chi connectivity index (χ2v) is 11.6. The molecule has 0 bridgehead atoms. The summed E-state index contributed by atoms with van der Waals surface area (Å²) in [6, 6.07) is 17.7. The Morgan fingerprint density at radius 3 is 2.23 bits per heavy atom. The summed E-state index contributed by atoms with van der Waals surface area (Å²) >= 11 is 5.75. The molecule has 208 valence electrons. The third-order valence-corrected chi connectivity index (χ3v) is 8.72. The van der Waals surface area contributed by atoms with Crippen molar-refractivity contribution in [3.8, 4) is 0 Å². The van der Waals surface area contributed by atoms with Gasteiger partial charge in [-0.3, -0.25) is 14.0 Å². The van der Waals surface area contributed by atoms with Crippen molar-refractivity contribution in [3.63, 3.8) is 0 Å². The Labute approximate surface area is 231 Å². The summed E-state index contributed by atoms with van der Waals surface area (Å²) in [4.78, 5) is 15.3. The molecule has 1 aliphatic heterocycles. The Bertz CT molecular complexity index is 1400. The molecule has 1 amide bonds. The highest BCUT2D eigenvalue weighted by Gasteiger charge is 2.35. The number of hydrogen-bond donors (Lipinski definition) is 1. The van der Waals surface area contributed by atoms with E-state index < -0.39 is 39.2 Å². The van der Waals surface area contributed by atoms with E-state index in [4.69, 9.17) is 11.6 Å². The zero-order valence-corrected chi connectivity index (χ0v) is 22.7. The molecule has 0 aliphatic carbocycles. The number of piperidine rings is 1. The van der Waals surface area contributed by atoms with Crippen molar-refractivity contribution in [1.29, 1.82) is 0 Å². The van der Waals surface area contributed by atoms with Gasteiger partial charge in [0, 0.05) is 13.1 Å². The Kier molecular flexibility index (Phi) is 9.19. The second kappa shape index (κ2) is 12.4. The number of anilines is 1. The summed E-state index contributed by atoms with van der Waals surface area (Å²) < 4.78 is 68.3. The van der Waals surface area contributed by atoms with E-state index in [1.165, 1.54) is 30.7 Å². The number of halogens is 4. The Balaban J connectivity index is 1.57. The first-order chi connectivity index (χ1) is 18.6. The zero-order valence-electron chi connectivity index (χ0n) is 21.1. The molecule has 1 aliphatic rings. The molecular weight excluding hydrogens is 551 g/mol. The van der Waals surface area contributed by atoms with Crippen LogP contribution in [0, 0.1) is 0 Å². The molecule has 0 spiro atoms. The van der Waals surface area contributed by atoms with Crippen LogP contribution in [-0.2, 0) is 34.1 Å². The number of likely N-dealkylation sites (tertiary alicyclic amines) is 1. The van der Waals surface area contributed by atoms with Crippen LogP contribution < -0.4 is 9.62 Å². The minimum atomic E-state index is -4.81. The maximum Gasteiger partial charge on any atom is 0.417 e. The van der Waals surface area contributed by atoms with Crippen LogP contribution in [0.4, 0.5) is 18.9 Å². The van der Waals surface area contributed by atoms with Gasteiger partial charge in [-0.05, 0) is 67.4 Å². The smallest absolute Gasteiger partial charge is 0.350 e. The minimum absolute atomic E-state index is 0.149. The number of nitrogens with zero attached hydrogens (tertiary/aromatic N) is 2. The lowest BCUT2D eigenvalue weighted by molar-refractivity contribution is -0.137. The van der Waals surface area contributed by atoms with Crippen molar-refractivity contribution in [3.05, 3.63) is 94.5 Å². The third-order valence-electron chi connectivity index (χ3n) is 6.60. The maximum absolute atomic E-state index is 13.6. The third kappa shape index (κ3) is 7.32. The van der Waals surface area contributed by atoms with Gasteiger partial charge in [-0.2, -0.15) is 13.2 Å². The number of benzene rings is 3. The fourth-order valence-corrected chi connectivity index (χ4v) is 6.20. The van der Waals surface area contributed by atoms with Crippen molar-refractivity contribution in [1.82, 2.24) is 10.2 Å². The lowest BCUT2D eigenvalue weighted by atomic mass is 10.0.